The standard InChI is InChI=1S/C13H11F4N3/c1-2-18-12-9(16)6-10(17)13(20-12)19-11-5-7(14)3-4-8(11)15/h3-6H,2H2,1H3,(H2,18,19,20). The smallest absolute Gasteiger partial charge is 0.169 e. The maximum atomic E-state index is 13.6. The fraction of sp³-hybridized carbons (Fsp3) is 0.154. The molecular formula is C13H11F4N3. The summed E-state index contributed by atoms with van der Waals surface area (Å²) in [4.78, 5) is 3.67. The zero-order valence-electron chi connectivity index (χ0n) is 10.5. The molecule has 0 atom stereocenters. The molecule has 0 saturated heterocycles. The van der Waals surface area contributed by atoms with E-state index >= 15 is 0 Å². The minimum Gasteiger partial charge on any atom is -0.368 e. The van der Waals surface area contributed by atoms with Gasteiger partial charge in [0.05, 0.1) is 5.69 Å². The minimum atomic E-state index is -1.01. The lowest BCUT2D eigenvalue weighted by Gasteiger charge is -2.11. The average Bonchev–Trinajstić information content (AvgIpc) is 2.39. The van der Waals surface area contributed by atoms with E-state index in [4.69, 9.17) is 0 Å². The summed E-state index contributed by atoms with van der Waals surface area (Å²) in [5.41, 5.74) is -0.287. The number of rotatable bonds is 4. The number of halogens is 4. The zero-order chi connectivity index (χ0) is 14.7. The first-order valence-electron chi connectivity index (χ1n) is 5.83. The molecule has 0 bridgehead atoms. The Morgan fingerprint density at radius 2 is 1.65 bits per heavy atom. The van der Waals surface area contributed by atoms with Crippen LogP contribution in [-0.4, -0.2) is 11.5 Å². The second kappa shape index (κ2) is 5.77. The molecule has 106 valence electrons. The Labute approximate surface area is 112 Å². The van der Waals surface area contributed by atoms with Crippen molar-refractivity contribution in [3.8, 4) is 0 Å². The molecule has 1 heterocycles. The lowest BCUT2D eigenvalue weighted by Crippen LogP contribution is -2.07. The third kappa shape index (κ3) is 2.98. The van der Waals surface area contributed by atoms with Gasteiger partial charge in [-0.25, -0.2) is 22.5 Å². The van der Waals surface area contributed by atoms with Crippen LogP contribution in [0.3, 0.4) is 0 Å². The maximum absolute atomic E-state index is 13.6. The predicted octanol–water partition coefficient (Wildman–Crippen LogP) is 3.81. The number of nitrogens with one attached hydrogen (secondary N) is 2. The van der Waals surface area contributed by atoms with Crippen LogP contribution in [0.25, 0.3) is 0 Å². The number of benzene rings is 1. The van der Waals surface area contributed by atoms with Gasteiger partial charge in [-0.15, -0.1) is 0 Å². The normalized spacial score (nSPS) is 10.4. The van der Waals surface area contributed by atoms with Crippen molar-refractivity contribution < 1.29 is 17.6 Å². The van der Waals surface area contributed by atoms with Crippen molar-refractivity contribution in [1.29, 1.82) is 0 Å². The van der Waals surface area contributed by atoms with E-state index in [0.717, 1.165) is 18.2 Å². The molecule has 0 fully saturated rings. The number of hydrogen-bond acceptors (Lipinski definition) is 3. The summed E-state index contributed by atoms with van der Waals surface area (Å²) < 4.78 is 53.4. The Balaban J connectivity index is 2.37. The average molecular weight is 285 g/mol. The van der Waals surface area contributed by atoms with Crippen LogP contribution in [0.1, 0.15) is 6.92 Å². The van der Waals surface area contributed by atoms with Gasteiger partial charge in [0, 0.05) is 18.7 Å². The monoisotopic (exact) mass is 285 g/mol. The lowest BCUT2D eigenvalue weighted by molar-refractivity contribution is 0.578. The van der Waals surface area contributed by atoms with E-state index in [1.165, 1.54) is 0 Å². The molecule has 2 N–H and O–H groups in total. The van der Waals surface area contributed by atoms with Gasteiger partial charge in [-0.05, 0) is 19.1 Å². The van der Waals surface area contributed by atoms with Crippen molar-refractivity contribution in [2.24, 2.45) is 0 Å². The first-order valence-corrected chi connectivity index (χ1v) is 5.83. The Kier molecular flexibility index (Phi) is 4.07. The molecule has 20 heavy (non-hydrogen) atoms. The summed E-state index contributed by atoms with van der Waals surface area (Å²) in [6.45, 7) is 2.09. The molecule has 0 aliphatic heterocycles. The fourth-order valence-electron chi connectivity index (χ4n) is 1.57. The summed E-state index contributed by atoms with van der Waals surface area (Å²) in [5, 5.41) is 4.89. The number of anilines is 3. The quantitative estimate of drug-likeness (QED) is 0.839. The topological polar surface area (TPSA) is 37.0 Å². The van der Waals surface area contributed by atoms with Gasteiger partial charge in [0.1, 0.15) is 11.6 Å². The molecular weight excluding hydrogens is 274 g/mol. The van der Waals surface area contributed by atoms with Crippen LogP contribution in [0.15, 0.2) is 24.3 Å². The first kappa shape index (κ1) is 14.1. The number of aromatic nitrogens is 1. The van der Waals surface area contributed by atoms with Crippen molar-refractivity contribution in [2.75, 3.05) is 17.2 Å². The second-order valence-corrected chi connectivity index (χ2v) is 3.93. The van der Waals surface area contributed by atoms with Crippen molar-refractivity contribution in [3.05, 3.63) is 47.5 Å². The van der Waals surface area contributed by atoms with Crippen LogP contribution in [-0.2, 0) is 0 Å². The van der Waals surface area contributed by atoms with Gasteiger partial charge in [-0.2, -0.15) is 0 Å². The highest BCUT2D eigenvalue weighted by Crippen LogP contribution is 2.24. The third-order valence-electron chi connectivity index (χ3n) is 2.46. The van der Waals surface area contributed by atoms with Crippen LogP contribution in [0, 0.1) is 23.3 Å². The van der Waals surface area contributed by atoms with E-state index in [9.17, 15) is 17.6 Å². The lowest BCUT2D eigenvalue weighted by atomic mass is 10.3. The molecule has 0 spiro atoms. The number of hydrogen-bond donors (Lipinski definition) is 2. The van der Waals surface area contributed by atoms with Crippen molar-refractivity contribution in [2.45, 2.75) is 6.92 Å². The van der Waals surface area contributed by atoms with E-state index in [-0.39, 0.29) is 11.5 Å². The summed E-state index contributed by atoms with van der Waals surface area (Å²) in [6, 6.07) is 3.29. The SMILES string of the molecule is CCNc1nc(Nc2cc(F)ccc2F)c(F)cc1F. The Hall–Kier alpha value is -2.31. The first-order chi connectivity index (χ1) is 9.51. The predicted molar refractivity (Wildman–Crippen MR) is 68.0 cm³/mol. The Morgan fingerprint density at radius 1 is 0.950 bits per heavy atom. The Morgan fingerprint density at radius 3 is 2.35 bits per heavy atom. The molecule has 2 aromatic rings. The van der Waals surface area contributed by atoms with Crippen LogP contribution in [0.4, 0.5) is 34.9 Å². The van der Waals surface area contributed by atoms with Gasteiger partial charge >= 0.3 is 0 Å². The summed E-state index contributed by atoms with van der Waals surface area (Å²) in [7, 11) is 0. The second-order valence-electron chi connectivity index (χ2n) is 3.93. The number of pyridine rings is 1. The molecule has 1 aromatic heterocycles. The zero-order valence-corrected chi connectivity index (χ0v) is 10.5. The molecule has 1 aromatic carbocycles. The molecule has 2 rings (SSSR count). The Bertz CT molecular complexity index is 631. The highest BCUT2D eigenvalue weighted by Gasteiger charge is 2.13. The largest absolute Gasteiger partial charge is 0.368 e. The van der Waals surface area contributed by atoms with Crippen molar-refractivity contribution in [3.63, 3.8) is 0 Å². The van der Waals surface area contributed by atoms with Crippen LogP contribution < -0.4 is 10.6 Å². The van der Waals surface area contributed by atoms with Crippen LogP contribution in [0.2, 0.25) is 0 Å². The molecule has 0 radical (unpaired) electrons. The van der Waals surface area contributed by atoms with Gasteiger partial charge in [-0.3, -0.25) is 0 Å². The van der Waals surface area contributed by atoms with Gasteiger partial charge < -0.3 is 10.6 Å². The van der Waals surface area contributed by atoms with Gasteiger partial charge in [0.25, 0.3) is 0 Å². The highest BCUT2D eigenvalue weighted by atomic mass is 19.1. The molecule has 0 amide bonds. The molecule has 0 aliphatic carbocycles. The summed E-state index contributed by atoms with van der Waals surface area (Å²) in [5.74, 6) is -3.91. The van der Waals surface area contributed by atoms with E-state index in [1.807, 2.05) is 0 Å². The van der Waals surface area contributed by atoms with Crippen molar-refractivity contribution >= 4 is 17.3 Å². The van der Waals surface area contributed by atoms with E-state index in [1.54, 1.807) is 6.92 Å². The van der Waals surface area contributed by atoms with Crippen LogP contribution in [0.5, 0.6) is 0 Å². The fourth-order valence-corrected chi connectivity index (χ4v) is 1.57. The van der Waals surface area contributed by atoms with Gasteiger partial charge in [0.2, 0.25) is 0 Å². The molecule has 0 unspecified atom stereocenters. The molecule has 0 saturated carbocycles. The molecule has 7 heteroatoms. The summed E-state index contributed by atoms with van der Waals surface area (Å²) >= 11 is 0. The highest BCUT2D eigenvalue weighted by molar-refractivity contribution is 5.59. The van der Waals surface area contributed by atoms with E-state index < -0.39 is 29.1 Å². The molecule has 3 nitrogen and oxygen atoms in total. The number of nitrogens with zero attached hydrogens (tertiary/aromatic N) is 1. The van der Waals surface area contributed by atoms with E-state index in [2.05, 4.69) is 15.6 Å². The van der Waals surface area contributed by atoms with Crippen molar-refractivity contribution in [1.82, 2.24) is 4.98 Å². The summed E-state index contributed by atoms with van der Waals surface area (Å²) in [6.07, 6.45) is 0. The minimum absolute atomic E-state index is 0.173. The van der Waals surface area contributed by atoms with E-state index in [0.29, 0.717) is 12.6 Å². The van der Waals surface area contributed by atoms with Crippen LogP contribution >= 0.6 is 0 Å². The molecule has 0 aliphatic rings. The third-order valence-corrected chi connectivity index (χ3v) is 2.46. The maximum Gasteiger partial charge on any atom is 0.169 e. The van der Waals surface area contributed by atoms with Gasteiger partial charge in [0.15, 0.2) is 23.3 Å². The van der Waals surface area contributed by atoms with Gasteiger partial charge in [-0.1, -0.05) is 0 Å².